The summed E-state index contributed by atoms with van der Waals surface area (Å²) in [6.45, 7) is 2.30. The largest absolute Gasteiger partial charge is 0.389 e. The van der Waals surface area contributed by atoms with Gasteiger partial charge in [0.15, 0.2) is 0 Å². The van der Waals surface area contributed by atoms with E-state index >= 15 is 0 Å². The van der Waals surface area contributed by atoms with Gasteiger partial charge in [-0.3, -0.25) is 0 Å². The van der Waals surface area contributed by atoms with Crippen LogP contribution in [0.2, 0.25) is 0 Å². The first-order valence-electron chi connectivity index (χ1n) is 5.94. The first-order valence-corrected chi connectivity index (χ1v) is 7.14. The van der Waals surface area contributed by atoms with E-state index < -0.39 is 0 Å². The van der Waals surface area contributed by atoms with Gasteiger partial charge in [-0.1, -0.05) is 41.5 Å². The predicted molar refractivity (Wildman–Crippen MR) is 80.5 cm³/mol. The van der Waals surface area contributed by atoms with E-state index in [1.54, 1.807) is 0 Å². The fraction of sp³-hybridized carbons (Fsp3) is 0.462. The standard InChI is InChI=1S/C13H17BrN2S/c1-8-3-2-4-11(8)16-12-6-5-9(14)7-10(12)13(15)17/h5-8,11,16H,2-4H2,1H3,(H2,15,17). The van der Waals surface area contributed by atoms with Crippen LogP contribution in [0.4, 0.5) is 5.69 Å². The van der Waals surface area contributed by atoms with Crippen molar-refractivity contribution in [3.8, 4) is 0 Å². The molecule has 2 rings (SSSR count). The third kappa shape index (κ3) is 2.99. The molecular weight excluding hydrogens is 296 g/mol. The zero-order valence-corrected chi connectivity index (χ0v) is 12.3. The molecule has 0 spiro atoms. The molecule has 1 aliphatic carbocycles. The number of benzene rings is 1. The molecule has 0 amide bonds. The second-order valence-corrected chi connectivity index (χ2v) is 6.07. The number of nitrogens with one attached hydrogen (secondary N) is 1. The lowest BCUT2D eigenvalue weighted by Gasteiger charge is -2.20. The van der Waals surface area contributed by atoms with E-state index in [4.69, 9.17) is 18.0 Å². The molecule has 0 aromatic heterocycles. The van der Waals surface area contributed by atoms with Crippen molar-refractivity contribution in [3.63, 3.8) is 0 Å². The van der Waals surface area contributed by atoms with Crippen LogP contribution in [0, 0.1) is 5.92 Å². The Labute approximate surface area is 116 Å². The SMILES string of the molecule is CC1CCCC1Nc1ccc(Br)cc1C(N)=S. The van der Waals surface area contributed by atoms with Crippen LogP contribution in [-0.4, -0.2) is 11.0 Å². The minimum absolute atomic E-state index is 0.444. The van der Waals surface area contributed by atoms with Gasteiger partial charge in [0.1, 0.15) is 4.99 Å². The summed E-state index contributed by atoms with van der Waals surface area (Å²) < 4.78 is 1.00. The summed E-state index contributed by atoms with van der Waals surface area (Å²) in [4.78, 5) is 0.444. The van der Waals surface area contributed by atoms with Crippen LogP contribution in [0.25, 0.3) is 0 Å². The molecule has 1 saturated carbocycles. The normalized spacial score (nSPS) is 23.6. The zero-order valence-electron chi connectivity index (χ0n) is 9.87. The van der Waals surface area contributed by atoms with E-state index in [1.807, 2.05) is 18.2 Å². The van der Waals surface area contributed by atoms with E-state index in [1.165, 1.54) is 19.3 Å². The maximum Gasteiger partial charge on any atom is 0.106 e. The minimum Gasteiger partial charge on any atom is -0.389 e. The number of hydrogen-bond acceptors (Lipinski definition) is 2. The number of thiocarbonyl (C=S) groups is 1. The maximum absolute atomic E-state index is 5.76. The van der Waals surface area contributed by atoms with E-state index in [9.17, 15) is 0 Å². The Bertz CT molecular complexity index is 433. The average molecular weight is 313 g/mol. The van der Waals surface area contributed by atoms with Gasteiger partial charge in [-0.15, -0.1) is 0 Å². The summed E-state index contributed by atoms with van der Waals surface area (Å²) in [5.41, 5.74) is 7.74. The maximum atomic E-state index is 5.76. The average Bonchev–Trinajstić information content (AvgIpc) is 2.67. The predicted octanol–water partition coefficient (Wildman–Crippen LogP) is 3.68. The van der Waals surface area contributed by atoms with Crippen LogP contribution < -0.4 is 11.1 Å². The highest BCUT2D eigenvalue weighted by molar-refractivity contribution is 9.10. The third-order valence-electron chi connectivity index (χ3n) is 3.45. The molecular formula is C13H17BrN2S. The van der Waals surface area contributed by atoms with Crippen molar-refractivity contribution in [1.29, 1.82) is 0 Å². The second-order valence-electron chi connectivity index (χ2n) is 4.71. The Morgan fingerprint density at radius 3 is 2.82 bits per heavy atom. The molecule has 0 bridgehead atoms. The molecule has 4 heteroatoms. The fourth-order valence-electron chi connectivity index (χ4n) is 2.41. The summed E-state index contributed by atoms with van der Waals surface area (Å²) in [5, 5.41) is 3.58. The summed E-state index contributed by atoms with van der Waals surface area (Å²) in [6, 6.07) is 6.58. The van der Waals surface area contributed by atoms with Crippen molar-refractivity contribution < 1.29 is 0 Å². The first-order chi connectivity index (χ1) is 8.08. The quantitative estimate of drug-likeness (QED) is 0.836. The highest BCUT2D eigenvalue weighted by atomic mass is 79.9. The summed E-state index contributed by atoms with van der Waals surface area (Å²) in [5.74, 6) is 0.720. The zero-order chi connectivity index (χ0) is 12.4. The van der Waals surface area contributed by atoms with Gasteiger partial charge in [-0.25, -0.2) is 0 Å². The van der Waals surface area contributed by atoms with Gasteiger partial charge in [0, 0.05) is 21.8 Å². The number of halogens is 1. The van der Waals surface area contributed by atoms with Crippen LogP contribution >= 0.6 is 28.1 Å². The van der Waals surface area contributed by atoms with Crippen molar-refractivity contribution >= 4 is 38.8 Å². The minimum atomic E-state index is 0.444. The van der Waals surface area contributed by atoms with Crippen LogP contribution in [0.5, 0.6) is 0 Å². The molecule has 1 fully saturated rings. The molecule has 2 atom stereocenters. The topological polar surface area (TPSA) is 38.0 Å². The summed E-state index contributed by atoms with van der Waals surface area (Å²) >= 11 is 8.54. The Morgan fingerprint density at radius 2 is 2.24 bits per heavy atom. The van der Waals surface area contributed by atoms with Crippen molar-refractivity contribution in [1.82, 2.24) is 0 Å². The molecule has 2 unspecified atom stereocenters. The Kier molecular flexibility index (Phi) is 4.05. The van der Waals surface area contributed by atoms with Crippen molar-refractivity contribution in [3.05, 3.63) is 28.2 Å². The van der Waals surface area contributed by atoms with Crippen LogP contribution in [0.15, 0.2) is 22.7 Å². The van der Waals surface area contributed by atoms with Gasteiger partial charge in [0.25, 0.3) is 0 Å². The molecule has 0 radical (unpaired) electrons. The lowest BCUT2D eigenvalue weighted by molar-refractivity contribution is 0.556. The van der Waals surface area contributed by atoms with Crippen molar-refractivity contribution in [2.75, 3.05) is 5.32 Å². The highest BCUT2D eigenvalue weighted by Crippen LogP contribution is 2.30. The lowest BCUT2D eigenvalue weighted by atomic mass is 10.1. The van der Waals surface area contributed by atoms with E-state index in [-0.39, 0.29) is 0 Å². The first kappa shape index (κ1) is 12.8. The Balaban J connectivity index is 2.22. The number of rotatable bonds is 3. The summed E-state index contributed by atoms with van der Waals surface area (Å²) in [6.07, 6.45) is 3.84. The van der Waals surface area contributed by atoms with Crippen LogP contribution in [-0.2, 0) is 0 Å². The molecule has 1 aromatic rings. The van der Waals surface area contributed by atoms with E-state index in [0.717, 1.165) is 21.6 Å². The lowest BCUT2D eigenvalue weighted by Crippen LogP contribution is -2.24. The van der Waals surface area contributed by atoms with Gasteiger partial charge in [0.2, 0.25) is 0 Å². The molecule has 0 heterocycles. The van der Waals surface area contributed by atoms with Crippen LogP contribution in [0.1, 0.15) is 31.7 Å². The second kappa shape index (κ2) is 5.36. The van der Waals surface area contributed by atoms with Gasteiger partial charge in [-0.2, -0.15) is 0 Å². The van der Waals surface area contributed by atoms with E-state index in [2.05, 4.69) is 28.2 Å². The molecule has 1 aromatic carbocycles. The third-order valence-corrected chi connectivity index (χ3v) is 4.16. The Morgan fingerprint density at radius 1 is 1.47 bits per heavy atom. The molecule has 2 nitrogen and oxygen atoms in total. The molecule has 1 aliphatic rings. The number of hydrogen-bond donors (Lipinski definition) is 2. The molecule has 3 N–H and O–H groups in total. The van der Waals surface area contributed by atoms with Gasteiger partial charge in [0.05, 0.1) is 0 Å². The van der Waals surface area contributed by atoms with Gasteiger partial charge >= 0.3 is 0 Å². The van der Waals surface area contributed by atoms with Crippen molar-refractivity contribution in [2.24, 2.45) is 11.7 Å². The van der Waals surface area contributed by atoms with Crippen molar-refractivity contribution in [2.45, 2.75) is 32.2 Å². The molecule has 0 saturated heterocycles. The van der Waals surface area contributed by atoms with Gasteiger partial charge in [-0.05, 0) is 37.0 Å². The van der Waals surface area contributed by atoms with Crippen LogP contribution in [0.3, 0.4) is 0 Å². The monoisotopic (exact) mass is 312 g/mol. The van der Waals surface area contributed by atoms with E-state index in [0.29, 0.717) is 11.0 Å². The fourth-order valence-corrected chi connectivity index (χ4v) is 2.94. The number of nitrogens with two attached hydrogens (primary N) is 1. The highest BCUT2D eigenvalue weighted by Gasteiger charge is 2.23. The van der Waals surface area contributed by atoms with Gasteiger partial charge < -0.3 is 11.1 Å². The molecule has 17 heavy (non-hydrogen) atoms. The molecule has 0 aliphatic heterocycles. The molecule has 92 valence electrons. The number of anilines is 1. The summed E-state index contributed by atoms with van der Waals surface area (Å²) in [7, 11) is 0. The Hall–Kier alpha value is -0.610. The smallest absolute Gasteiger partial charge is 0.106 e.